The van der Waals surface area contributed by atoms with Gasteiger partial charge in [0, 0.05) is 17.5 Å². The first-order valence-electron chi connectivity index (χ1n) is 8.26. The van der Waals surface area contributed by atoms with Gasteiger partial charge in [-0.1, -0.05) is 0 Å². The van der Waals surface area contributed by atoms with Crippen molar-refractivity contribution < 1.29 is 22.7 Å². The molecule has 1 amide bonds. The molecule has 1 aromatic carbocycles. The zero-order chi connectivity index (χ0) is 18.5. The maximum Gasteiger partial charge on any atom is 0.338 e. The molecule has 0 saturated heterocycles. The number of thioether (sulfide) groups is 1. The molecule has 1 aromatic rings. The largest absolute Gasteiger partial charge is 0.449 e. The van der Waals surface area contributed by atoms with E-state index in [2.05, 4.69) is 9.71 Å². The third-order valence-electron chi connectivity index (χ3n) is 4.29. The maximum absolute atomic E-state index is 12.3. The molecule has 1 N–H and O–H groups in total. The Hall–Kier alpha value is -2.07. The second-order valence-corrected chi connectivity index (χ2v) is 9.19. The maximum atomic E-state index is 12.3. The number of hydrogen-bond acceptors (Lipinski definition) is 7. The van der Waals surface area contributed by atoms with Gasteiger partial charge >= 0.3 is 5.97 Å². The summed E-state index contributed by atoms with van der Waals surface area (Å²) in [5.74, 6) is -0.923. The number of nitrogens with one attached hydrogen (secondary N) is 1. The third kappa shape index (κ3) is 3.43. The lowest BCUT2D eigenvalue weighted by Gasteiger charge is -2.22. The van der Waals surface area contributed by atoms with E-state index in [1.165, 1.54) is 18.7 Å². The van der Waals surface area contributed by atoms with Gasteiger partial charge in [0.25, 0.3) is 15.9 Å². The summed E-state index contributed by atoms with van der Waals surface area (Å²) in [5.41, 5.74) is 1.13. The Morgan fingerprint density at radius 1 is 1.38 bits per heavy atom. The Labute approximate surface area is 155 Å². The van der Waals surface area contributed by atoms with Gasteiger partial charge in [-0.15, -0.1) is 4.40 Å². The van der Waals surface area contributed by atoms with Crippen molar-refractivity contribution in [1.82, 2.24) is 5.32 Å². The average Bonchev–Trinajstić information content (AvgIpc) is 3.32. The van der Waals surface area contributed by atoms with E-state index in [-0.39, 0.29) is 17.7 Å². The summed E-state index contributed by atoms with van der Waals surface area (Å²) in [4.78, 5) is 26.8. The summed E-state index contributed by atoms with van der Waals surface area (Å²) in [6.45, 7) is 1.88. The number of ether oxygens (including phenoxy) is 1. The number of benzene rings is 1. The molecule has 2 heterocycles. The number of sulfonamides is 1. The van der Waals surface area contributed by atoms with Crippen LogP contribution < -0.4 is 10.2 Å². The molecule has 26 heavy (non-hydrogen) atoms. The molecule has 0 aromatic heterocycles. The van der Waals surface area contributed by atoms with Gasteiger partial charge in [0.15, 0.2) is 11.3 Å². The molecule has 0 unspecified atom stereocenters. The number of nitrogens with zero attached hydrogens (tertiary/aromatic N) is 2. The van der Waals surface area contributed by atoms with E-state index in [1.807, 2.05) is 4.90 Å². The Bertz CT molecular complexity index is 924. The van der Waals surface area contributed by atoms with Crippen molar-refractivity contribution in [1.29, 1.82) is 0 Å². The zero-order valence-corrected chi connectivity index (χ0v) is 15.6. The monoisotopic (exact) mass is 395 g/mol. The molecule has 0 spiro atoms. The van der Waals surface area contributed by atoms with E-state index in [9.17, 15) is 18.0 Å². The Kier molecular flexibility index (Phi) is 4.19. The predicted octanol–water partition coefficient (Wildman–Crippen LogP) is 1.12. The van der Waals surface area contributed by atoms with E-state index in [0.29, 0.717) is 17.3 Å². The van der Waals surface area contributed by atoms with Crippen molar-refractivity contribution in [3.8, 4) is 0 Å². The van der Waals surface area contributed by atoms with E-state index in [4.69, 9.17) is 4.74 Å². The molecule has 3 aliphatic rings. The second kappa shape index (κ2) is 6.27. The fourth-order valence-electron chi connectivity index (χ4n) is 2.69. The van der Waals surface area contributed by atoms with Crippen molar-refractivity contribution >= 4 is 44.5 Å². The van der Waals surface area contributed by atoms with Crippen LogP contribution in [0.25, 0.3) is 0 Å². The van der Waals surface area contributed by atoms with Gasteiger partial charge in [-0.2, -0.15) is 0 Å². The van der Waals surface area contributed by atoms with E-state index < -0.39 is 22.1 Å². The highest BCUT2D eigenvalue weighted by Gasteiger charge is 2.34. The van der Waals surface area contributed by atoms with Crippen LogP contribution in [0.15, 0.2) is 27.5 Å². The standard InChI is InChI=1S/C16H17N3O5S2/c1-9(14(20)17-11-3-4-11)24-15(21)10-2-5-12-13(8-10)25-16-18-26(22,23)7-6-19(12)16/h2,5,8-9,11H,3-4,6-7H2,1H3,(H,17,20)/t9-/m1/s1. The molecular formula is C16H17N3O5S2. The summed E-state index contributed by atoms with van der Waals surface area (Å²) in [5, 5.41) is 3.19. The van der Waals surface area contributed by atoms with Crippen molar-refractivity contribution in [2.24, 2.45) is 4.40 Å². The average molecular weight is 395 g/mol. The van der Waals surface area contributed by atoms with Crippen molar-refractivity contribution in [2.45, 2.75) is 36.8 Å². The van der Waals surface area contributed by atoms with Gasteiger partial charge in [0.1, 0.15) is 0 Å². The lowest BCUT2D eigenvalue weighted by atomic mass is 10.2. The molecule has 0 bridgehead atoms. The number of anilines is 1. The van der Waals surface area contributed by atoms with E-state index in [1.54, 1.807) is 18.2 Å². The molecule has 138 valence electrons. The summed E-state index contributed by atoms with van der Waals surface area (Å²) in [6, 6.07) is 5.20. The number of amidine groups is 1. The van der Waals surface area contributed by atoms with E-state index in [0.717, 1.165) is 23.4 Å². The first kappa shape index (κ1) is 17.3. The lowest BCUT2D eigenvalue weighted by molar-refractivity contribution is -0.129. The van der Waals surface area contributed by atoms with Gasteiger partial charge < -0.3 is 15.0 Å². The number of hydrogen-bond donors (Lipinski definition) is 1. The Morgan fingerprint density at radius 3 is 2.88 bits per heavy atom. The zero-order valence-electron chi connectivity index (χ0n) is 14.0. The fourth-order valence-corrected chi connectivity index (χ4v) is 4.98. The van der Waals surface area contributed by atoms with Gasteiger partial charge in [-0.3, -0.25) is 4.79 Å². The molecule has 0 radical (unpaired) electrons. The lowest BCUT2D eigenvalue weighted by Crippen LogP contribution is -2.37. The number of esters is 1. The first-order valence-corrected chi connectivity index (χ1v) is 10.7. The molecule has 2 aliphatic heterocycles. The van der Waals surface area contributed by atoms with Crippen LogP contribution in [0.5, 0.6) is 0 Å². The van der Waals surface area contributed by atoms with Crippen molar-refractivity contribution in [2.75, 3.05) is 17.2 Å². The van der Waals surface area contributed by atoms with Gasteiger partial charge in [0.2, 0.25) is 0 Å². The van der Waals surface area contributed by atoms with Crippen LogP contribution in [0, 0.1) is 0 Å². The molecule has 1 saturated carbocycles. The van der Waals surface area contributed by atoms with Gasteiger partial charge in [0.05, 0.1) is 17.0 Å². The smallest absolute Gasteiger partial charge is 0.338 e. The fraction of sp³-hybridized carbons (Fsp3) is 0.438. The molecule has 8 nitrogen and oxygen atoms in total. The van der Waals surface area contributed by atoms with Crippen LogP contribution in [-0.4, -0.2) is 49.9 Å². The SMILES string of the molecule is C[C@@H](OC(=O)c1ccc2c(c1)SC1=NS(=O)(=O)CCN12)C(=O)NC1CC1. The topological polar surface area (TPSA) is 105 Å². The second-order valence-electron chi connectivity index (χ2n) is 6.43. The molecule has 1 atom stereocenters. The summed E-state index contributed by atoms with van der Waals surface area (Å²) >= 11 is 1.21. The van der Waals surface area contributed by atoms with Gasteiger partial charge in [-0.25, -0.2) is 13.2 Å². The quantitative estimate of drug-likeness (QED) is 0.762. The van der Waals surface area contributed by atoms with E-state index >= 15 is 0 Å². The van der Waals surface area contributed by atoms with Crippen LogP contribution in [-0.2, 0) is 19.6 Å². The highest BCUT2D eigenvalue weighted by atomic mass is 32.2. The molecule has 4 rings (SSSR count). The number of amides is 1. The van der Waals surface area contributed by atoms with Crippen LogP contribution >= 0.6 is 11.8 Å². The molecular weight excluding hydrogens is 378 g/mol. The van der Waals surface area contributed by atoms with Crippen LogP contribution in [0.4, 0.5) is 5.69 Å². The number of carbonyl (C=O) groups is 2. The number of rotatable bonds is 4. The molecule has 10 heteroatoms. The first-order chi connectivity index (χ1) is 12.3. The molecule has 1 aliphatic carbocycles. The number of carbonyl (C=O) groups excluding carboxylic acids is 2. The normalized spacial score (nSPS) is 21.3. The Balaban J connectivity index is 1.48. The van der Waals surface area contributed by atoms with Gasteiger partial charge in [-0.05, 0) is 49.7 Å². The minimum atomic E-state index is -3.42. The highest BCUT2D eigenvalue weighted by Crippen LogP contribution is 2.42. The minimum absolute atomic E-state index is 0.0338. The number of fused-ring (bicyclic) bond motifs is 3. The predicted molar refractivity (Wildman–Crippen MR) is 96.9 cm³/mol. The third-order valence-corrected chi connectivity index (χ3v) is 6.59. The van der Waals surface area contributed by atoms with Crippen molar-refractivity contribution in [3.63, 3.8) is 0 Å². The van der Waals surface area contributed by atoms with Crippen molar-refractivity contribution in [3.05, 3.63) is 23.8 Å². The van der Waals surface area contributed by atoms with Crippen LogP contribution in [0.3, 0.4) is 0 Å². The summed E-state index contributed by atoms with van der Waals surface area (Å²) in [6.07, 6.45) is 1.06. The van der Waals surface area contributed by atoms with Crippen LogP contribution in [0.1, 0.15) is 30.1 Å². The van der Waals surface area contributed by atoms with Crippen LogP contribution in [0.2, 0.25) is 0 Å². The highest BCUT2D eigenvalue weighted by molar-refractivity contribution is 8.15. The minimum Gasteiger partial charge on any atom is -0.449 e. The molecule has 1 fully saturated rings. The summed E-state index contributed by atoms with van der Waals surface area (Å²) in [7, 11) is -3.42. The summed E-state index contributed by atoms with van der Waals surface area (Å²) < 4.78 is 32.3. The Morgan fingerprint density at radius 2 is 2.15 bits per heavy atom.